The summed E-state index contributed by atoms with van der Waals surface area (Å²) < 4.78 is 3.06. The highest BCUT2D eigenvalue weighted by molar-refractivity contribution is 7.99. The number of aromatic nitrogens is 1. The quantitative estimate of drug-likeness (QED) is 0.599. The Labute approximate surface area is 161 Å². The van der Waals surface area contributed by atoms with Crippen molar-refractivity contribution in [2.24, 2.45) is 4.99 Å². The van der Waals surface area contributed by atoms with Gasteiger partial charge in [-0.05, 0) is 29.7 Å². The first-order valence-electron chi connectivity index (χ1n) is 8.46. The number of carbonyl (C=O) groups is 1. The van der Waals surface area contributed by atoms with Crippen LogP contribution < -0.4 is 4.80 Å². The Kier molecular flexibility index (Phi) is 6.32. The van der Waals surface area contributed by atoms with E-state index in [4.69, 9.17) is 6.42 Å². The van der Waals surface area contributed by atoms with Crippen molar-refractivity contribution in [3.05, 3.63) is 64.5 Å². The molecule has 2 aromatic carbocycles. The van der Waals surface area contributed by atoms with Crippen LogP contribution in [0.25, 0.3) is 10.2 Å². The molecule has 0 aliphatic rings. The fourth-order valence-electron chi connectivity index (χ4n) is 2.64. The van der Waals surface area contributed by atoms with Crippen LogP contribution in [0.4, 0.5) is 0 Å². The smallest absolute Gasteiger partial charge is 0.258 e. The van der Waals surface area contributed by atoms with Gasteiger partial charge in [-0.2, -0.15) is 4.99 Å². The zero-order chi connectivity index (χ0) is 18.4. The molecule has 1 heterocycles. The van der Waals surface area contributed by atoms with E-state index >= 15 is 0 Å². The summed E-state index contributed by atoms with van der Waals surface area (Å²) in [5, 5.41) is 0. The zero-order valence-corrected chi connectivity index (χ0v) is 16.3. The van der Waals surface area contributed by atoms with Gasteiger partial charge in [-0.3, -0.25) is 4.79 Å². The minimum Gasteiger partial charge on any atom is -0.305 e. The van der Waals surface area contributed by atoms with E-state index < -0.39 is 0 Å². The summed E-state index contributed by atoms with van der Waals surface area (Å²) in [5.41, 5.74) is 3.51. The van der Waals surface area contributed by atoms with Gasteiger partial charge in [-0.15, -0.1) is 18.2 Å². The summed E-state index contributed by atoms with van der Waals surface area (Å²) in [6.07, 6.45) is 6.49. The van der Waals surface area contributed by atoms with Gasteiger partial charge in [0.15, 0.2) is 4.80 Å². The van der Waals surface area contributed by atoms with E-state index in [2.05, 4.69) is 48.2 Å². The van der Waals surface area contributed by atoms with Crippen LogP contribution in [0, 0.1) is 12.3 Å². The van der Waals surface area contributed by atoms with Crippen molar-refractivity contribution in [3.63, 3.8) is 0 Å². The van der Waals surface area contributed by atoms with Crippen molar-refractivity contribution < 1.29 is 4.79 Å². The molecule has 3 aromatic rings. The largest absolute Gasteiger partial charge is 0.305 e. The predicted octanol–water partition coefficient (Wildman–Crippen LogP) is 4.26. The second-order valence-corrected chi connectivity index (χ2v) is 7.81. The molecule has 5 heteroatoms. The lowest BCUT2D eigenvalue weighted by molar-refractivity contribution is -0.115. The molecule has 0 unspecified atom stereocenters. The number of hydrogen-bond donors (Lipinski definition) is 0. The monoisotopic (exact) mass is 380 g/mol. The first kappa shape index (κ1) is 18.5. The Morgan fingerprint density at radius 3 is 2.77 bits per heavy atom. The van der Waals surface area contributed by atoms with E-state index in [1.165, 1.54) is 22.5 Å². The van der Waals surface area contributed by atoms with Gasteiger partial charge in [0, 0.05) is 5.75 Å². The second-order valence-electron chi connectivity index (χ2n) is 5.81. The average Bonchev–Trinajstić information content (AvgIpc) is 2.99. The summed E-state index contributed by atoms with van der Waals surface area (Å²) in [5.74, 6) is 3.70. The van der Waals surface area contributed by atoms with Gasteiger partial charge in [0.25, 0.3) is 5.91 Å². The molecule has 0 atom stereocenters. The number of thiazole rings is 1. The number of rotatable bonds is 6. The lowest BCUT2D eigenvalue weighted by Gasteiger charge is -2.01. The third-order valence-corrected chi connectivity index (χ3v) is 5.99. The van der Waals surface area contributed by atoms with Gasteiger partial charge in [-0.1, -0.05) is 60.6 Å². The van der Waals surface area contributed by atoms with Gasteiger partial charge >= 0.3 is 0 Å². The Morgan fingerprint density at radius 1 is 1.23 bits per heavy atom. The van der Waals surface area contributed by atoms with Crippen LogP contribution in [0.3, 0.4) is 0 Å². The van der Waals surface area contributed by atoms with Crippen LogP contribution in [0.2, 0.25) is 0 Å². The van der Waals surface area contributed by atoms with Crippen LogP contribution in [0.1, 0.15) is 18.1 Å². The highest BCUT2D eigenvalue weighted by Crippen LogP contribution is 2.20. The molecule has 0 saturated carbocycles. The first-order valence-corrected chi connectivity index (χ1v) is 10.4. The van der Waals surface area contributed by atoms with Gasteiger partial charge in [-0.25, -0.2) is 0 Å². The molecular formula is C21H20N2OS2. The van der Waals surface area contributed by atoms with Crippen molar-refractivity contribution in [1.29, 1.82) is 0 Å². The lowest BCUT2D eigenvalue weighted by Crippen LogP contribution is -2.17. The lowest BCUT2D eigenvalue weighted by atomic mass is 10.2. The van der Waals surface area contributed by atoms with E-state index in [9.17, 15) is 4.79 Å². The fourth-order valence-corrected chi connectivity index (χ4v) is 4.52. The van der Waals surface area contributed by atoms with E-state index in [-0.39, 0.29) is 5.91 Å². The van der Waals surface area contributed by atoms with E-state index in [1.807, 2.05) is 22.8 Å². The Hall–Kier alpha value is -2.29. The van der Waals surface area contributed by atoms with Crippen LogP contribution in [0.5, 0.6) is 0 Å². The molecule has 132 valence electrons. The summed E-state index contributed by atoms with van der Waals surface area (Å²) in [7, 11) is 0. The minimum atomic E-state index is -0.126. The van der Waals surface area contributed by atoms with E-state index in [0.29, 0.717) is 17.1 Å². The fraction of sp³-hybridized carbons (Fsp3) is 0.238. The maximum atomic E-state index is 12.3. The standard InChI is InChI=1S/C21H20N2OS2/c1-3-12-23-18-11-10-16(4-2)13-19(18)26-21(23)22-20(24)15-25-14-17-8-6-5-7-9-17/h1,5-11,13H,4,12,14-15H2,2H3. The number of carbonyl (C=O) groups excluding carboxylic acids is 1. The maximum absolute atomic E-state index is 12.3. The number of thioether (sulfide) groups is 1. The molecule has 1 aromatic heterocycles. The molecule has 0 radical (unpaired) electrons. The second kappa shape index (κ2) is 8.88. The number of terminal acetylenes is 1. The molecule has 0 fully saturated rings. The van der Waals surface area contributed by atoms with Crippen LogP contribution in [0.15, 0.2) is 53.5 Å². The Morgan fingerprint density at radius 2 is 2.04 bits per heavy atom. The Bertz CT molecular complexity index is 1010. The summed E-state index contributed by atoms with van der Waals surface area (Å²) >= 11 is 3.10. The number of nitrogens with zero attached hydrogens (tertiary/aromatic N) is 2. The van der Waals surface area contributed by atoms with Crippen molar-refractivity contribution in [2.75, 3.05) is 5.75 Å². The summed E-state index contributed by atoms with van der Waals surface area (Å²) in [6.45, 7) is 2.54. The number of hydrogen-bond acceptors (Lipinski definition) is 3. The molecular weight excluding hydrogens is 360 g/mol. The SMILES string of the molecule is C#CCn1c(=NC(=O)CSCc2ccccc2)sc2cc(CC)ccc21. The van der Waals surface area contributed by atoms with Crippen LogP contribution >= 0.6 is 23.1 Å². The van der Waals surface area contributed by atoms with Crippen LogP contribution in [-0.4, -0.2) is 16.2 Å². The van der Waals surface area contributed by atoms with Crippen molar-refractivity contribution in [2.45, 2.75) is 25.6 Å². The van der Waals surface area contributed by atoms with Gasteiger partial charge in [0.1, 0.15) is 0 Å². The molecule has 0 aliphatic carbocycles. The van der Waals surface area contributed by atoms with E-state index in [1.54, 1.807) is 11.8 Å². The predicted molar refractivity (Wildman–Crippen MR) is 111 cm³/mol. The third-order valence-electron chi connectivity index (χ3n) is 3.96. The molecule has 1 amide bonds. The summed E-state index contributed by atoms with van der Waals surface area (Å²) in [4.78, 5) is 17.3. The minimum absolute atomic E-state index is 0.126. The highest BCUT2D eigenvalue weighted by atomic mass is 32.2. The van der Waals surface area contributed by atoms with Crippen molar-refractivity contribution >= 4 is 39.2 Å². The summed E-state index contributed by atoms with van der Waals surface area (Å²) in [6, 6.07) is 16.4. The number of amides is 1. The molecule has 0 bridgehead atoms. The van der Waals surface area contributed by atoms with Crippen molar-refractivity contribution in [1.82, 2.24) is 4.57 Å². The molecule has 26 heavy (non-hydrogen) atoms. The third kappa shape index (κ3) is 4.46. The molecule has 0 aliphatic heterocycles. The van der Waals surface area contributed by atoms with Gasteiger partial charge in [0.05, 0.1) is 22.5 Å². The molecule has 3 rings (SSSR count). The zero-order valence-electron chi connectivity index (χ0n) is 14.6. The van der Waals surface area contributed by atoms with E-state index in [0.717, 1.165) is 22.4 Å². The normalized spacial score (nSPS) is 11.6. The number of benzene rings is 2. The number of aryl methyl sites for hydroxylation is 1. The van der Waals surface area contributed by atoms with Gasteiger partial charge in [0.2, 0.25) is 0 Å². The maximum Gasteiger partial charge on any atom is 0.258 e. The average molecular weight is 381 g/mol. The molecule has 0 saturated heterocycles. The van der Waals surface area contributed by atoms with Gasteiger partial charge < -0.3 is 4.57 Å². The molecule has 0 spiro atoms. The number of fused-ring (bicyclic) bond motifs is 1. The molecule has 0 N–H and O–H groups in total. The topological polar surface area (TPSA) is 34.4 Å². The van der Waals surface area contributed by atoms with Crippen LogP contribution in [-0.2, 0) is 23.5 Å². The first-order chi connectivity index (χ1) is 12.7. The van der Waals surface area contributed by atoms with Crippen molar-refractivity contribution in [3.8, 4) is 12.3 Å². The molecule has 3 nitrogen and oxygen atoms in total. The highest BCUT2D eigenvalue weighted by Gasteiger charge is 2.08. The Balaban J connectivity index is 1.80.